The second-order valence-electron chi connectivity index (χ2n) is 5.27. The van der Waals surface area contributed by atoms with E-state index in [1.54, 1.807) is 0 Å². The minimum absolute atomic E-state index is 0.387. The monoisotopic (exact) mass is 264 g/mol. The van der Waals surface area contributed by atoms with E-state index in [1.807, 2.05) is 6.92 Å². The van der Waals surface area contributed by atoms with Gasteiger partial charge in [0.15, 0.2) is 0 Å². The van der Waals surface area contributed by atoms with Gasteiger partial charge in [-0.1, -0.05) is 12.1 Å². The molecule has 0 amide bonds. The first-order valence-corrected chi connectivity index (χ1v) is 7.14. The summed E-state index contributed by atoms with van der Waals surface area (Å²) in [5.74, 6) is 0.387. The number of oxime groups is 1. The maximum atomic E-state index is 9.01. The highest BCUT2D eigenvalue weighted by molar-refractivity contribution is 5.87. The molecule has 0 aliphatic carbocycles. The summed E-state index contributed by atoms with van der Waals surface area (Å²) in [5, 5.41) is 17.0. The van der Waals surface area contributed by atoms with Crippen molar-refractivity contribution in [3.05, 3.63) is 17.5 Å². The van der Waals surface area contributed by atoms with Crippen LogP contribution in [0.4, 0.5) is 0 Å². The third kappa shape index (κ3) is 3.15. The number of hydrogen-bond donors (Lipinski definition) is 1. The van der Waals surface area contributed by atoms with Crippen molar-refractivity contribution in [2.75, 3.05) is 13.1 Å². The molecule has 1 N–H and O–H groups in total. The zero-order valence-electron chi connectivity index (χ0n) is 12.1. The van der Waals surface area contributed by atoms with Gasteiger partial charge in [-0.3, -0.25) is 9.58 Å². The third-order valence-corrected chi connectivity index (χ3v) is 3.93. The van der Waals surface area contributed by atoms with E-state index in [2.05, 4.69) is 39.7 Å². The molecule has 0 spiro atoms. The fraction of sp³-hybridized carbons (Fsp3) is 0.714. The Bertz CT molecular complexity index is 452. The van der Waals surface area contributed by atoms with E-state index >= 15 is 0 Å². The van der Waals surface area contributed by atoms with Crippen LogP contribution in [0.25, 0.3) is 0 Å². The molecule has 0 aromatic carbocycles. The minimum Gasteiger partial charge on any atom is -0.411 e. The zero-order chi connectivity index (χ0) is 13.8. The molecule has 0 radical (unpaired) electrons. The average molecular weight is 264 g/mol. The number of hydrogen-bond acceptors (Lipinski definition) is 4. The Morgan fingerprint density at radius 2 is 2.26 bits per heavy atom. The predicted octanol–water partition coefficient (Wildman–Crippen LogP) is 2.27. The van der Waals surface area contributed by atoms with Crippen LogP contribution in [0.15, 0.2) is 11.2 Å². The maximum absolute atomic E-state index is 9.01. The molecule has 1 saturated heterocycles. The summed E-state index contributed by atoms with van der Waals surface area (Å²) in [7, 11) is 0. The first-order chi connectivity index (χ1) is 9.17. The van der Waals surface area contributed by atoms with E-state index in [0.717, 1.165) is 50.4 Å². The first kappa shape index (κ1) is 14.1. The Labute approximate surface area is 114 Å². The van der Waals surface area contributed by atoms with Crippen LogP contribution < -0.4 is 0 Å². The molecule has 1 aromatic rings. The standard InChI is InChI=1S/C14H24N4O/c1-4-12-9-17(7-6-14(12)16-19)10-13-8-11(3)15-18(13)5-2/h8,12,19H,4-7,9-10H2,1-3H3. The molecule has 2 rings (SSSR count). The van der Waals surface area contributed by atoms with Crippen molar-refractivity contribution in [1.82, 2.24) is 14.7 Å². The van der Waals surface area contributed by atoms with Crippen LogP contribution >= 0.6 is 0 Å². The SMILES string of the molecule is CCC1CN(Cc2cc(C)nn2CC)CCC1=NO. The van der Waals surface area contributed by atoms with Crippen LogP contribution in [-0.4, -0.2) is 38.7 Å². The van der Waals surface area contributed by atoms with Crippen molar-refractivity contribution >= 4 is 5.71 Å². The van der Waals surface area contributed by atoms with Crippen molar-refractivity contribution in [2.45, 2.75) is 46.7 Å². The van der Waals surface area contributed by atoms with E-state index in [1.165, 1.54) is 5.69 Å². The van der Waals surface area contributed by atoms with Gasteiger partial charge in [-0.25, -0.2) is 0 Å². The Hall–Kier alpha value is -1.36. The Kier molecular flexibility index (Phi) is 4.58. The molecule has 19 heavy (non-hydrogen) atoms. The largest absolute Gasteiger partial charge is 0.411 e. The van der Waals surface area contributed by atoms with Crippen LogP contribution in [0, 0.1) is 12.8 Å². The van der Waals surface area contributed by atoms with E-state index in [4.69, 9.17) is 5.21 Å². The van der Waals surface area contributed by atoms with E-state index in [9.17, 15) is 0 Å². The lowest BCUT2D eigenvalue weighted by Gasteiger charge is -2.32. The van der Waals surface area contributed by atoms with Gasteiger partial charge in [-0.2, -0.15) is 5.10 Å². The highest BCUT2D eigenvalue weighted by atomic mass is 16.4. The lowest BCUT2D eigenvalue weighted by molar-refractivity contribution is 0.215. The maximum Gasteiger partial charge on any atom is 0.0627 e. The van der Waals surface area contributed by atoms with Crippen molar-refractivity contribution in [2.24, 2.45) is 11.1 Å². The molecule has 1 unspecified atom stereocenters. The van der Waals surface area contributed by atoms with Crippen LogP contribution in [0.1, 0.15) is 38.1 Å². The number of aromatic nitrogens is 2. The molecule has 5 heteroatoms. The Balaban J connectivity index is 2.04. The highest BCUT2D eigenvalue weighted by Crippen LogP contribution is 2.19. The molecular weight excluding hydrogens is 240 g/mol. The molecule has 0 bridgehead atoms. The first-order valence-electron chi connectivity index (χ1n) is 7.14. The molecule has 1 atom stereocenters. The molecular formula is C14H24N4O. The summed E-state index contributed by atoms with van der Waals surface area (Å²) in [4.78, 5) is 2.44. The normalized spacial score (nSPS) is 23.1. The Morgan fingerprint density at radius 3 is 2.89 bits per heavy atom. The fourth-order valence-corrected chi connectivity index (χ4v) is 2.85. The van der Waals surface area contributed by atoms with E-state index < -0.39 is 0 Å². The number of nitrogens with zero attached hydrogens (tertiary/aromatic N) is 4. The van der Waals surface area contributed by atoms with E-state index in [0.29, 0.717) is 5.92 Å². The van der Waals surface area contributed by atoms with Crippen LogP contribution in [0.2, 0.25) is 0 Å². The summed E-state index contributed by atoms with van der Waals surface area (Å²) in [6.07, 6.45) is 1.90. The third-order valence-electron chi connectivity index (χ3n) is 3.93. The van der Waals surface area contributed by atoms with Gasteiger partial charge in [-0.05, 0) is 26.3 Å². The average Bonchev–Trinajstić information content (AvgIpc) is 2.78. The topological polar surface area (TPSA) is 53.7 Å². The van der Waals surface area contributed by atoms with Crippen molar-refractivity contribution in [1.29, 1.82) is 0 Å². The van der Waals surface area contributed by atoms with Crippen molar-refractivity contribution in [3.63, 3.8) is 0 Å². The van der Waals surface area contributed by atoms with Crippen molar-refractivity contribution < 1.29 is 5.21 Å². The van der Waals surface area contributed by atoms with Crippen LogP contribution in [0.3, 0.4) is 0 Å². The van der Waals surface area contributed by atoms with Crippen molar-refractivity contribution in [3.8, 4) is 0 Å². The summed E-state index contributed by atoms with van der Waals surface area (Å²) in [6.45, 7) is 10.1. The number of piperidine rings is 1. The Morgan fingerprint density at radius 1 is 1.47 bits per heavy atom. The molecule has 1 aliphatic rings. The molecule has 1 aromatic heterocycles. The molecule has 2 heterocycles. The van der Waals surface area contributed by atoms with Gasteiger partial charge in [0.1, 0.15) is 0 Å². The van der Waals surface area contributed by atoms with E-state index in [-0.39, 0.29) is 0 Å². The quantitative estimate of drug-likeness (QED) is 0.670. The fourth-order valence-electron chi connectivity index (χ4n) is 2.85. The predicted molar refractivity (Wildman–Crippen MR) is 75.5 cm³/mol. The van der Waals surface area contributed by atoms with Crippen LogP contribution in [-0.2, 0) is 13.1 Å². The number of rotatable bonds is 4. The minimum atomic E-state index is 0.387. The van der Waals surface area contributed by atoms with Gasteiger partial charge >= 0.3 is 0 Å². The van der Waals surface area contributed by atoms with Gasteiger partial charge in [0.05, 0.1) is 17.1 Å². The summed E-state index contributed by atoms with van der Waals surface area (Å²) in [5.41, 5.74) is 3.32. The molecule has 106 valence electrons. The second kappa shape index (κ2) is 6.19. The summed E-state index contributed by atoms with van der Waals surface area (Å²) in [6, 6.07) is 2.17. The van der Waals surface area contributed by atoms with Crippen LogP contribution in [0.5, 0.6) is 0 Å². The zero-order valence-corrected chi connectivity index (χ0v) is 12.1. The number of aryl methyl sites for hydroxylation is 2. The van der Waals surface area contributed by atoms with Gasteiger partial charge in [-0.15, -0.1) is 0 Å². The van der Waals surface area contributed by atoms with Gasteiger partial charge in [0, 0.05) is 38.5 Å². The summed E-state index contributed by atoms with van der Waals surface area (Å²) < 4.78 is 2.08. The number of likely N-dealkylation sites (tertiary alicyclic amines) is 1. The summed E-state index contributed by atoms with van der Waals surface area (Å²) >= 11 is 0. The molecule has 0 saturated carbocycles. The lowest BCUT2D eigenvalue weighted by atomic mass is 9.93. The smallest absolute Gasteiger partial charge is 0.0627 e. The molecule has 1 aliphatic heterocycles. The lowest BCUT2D eigenvalue weighted by Crippen LogP contribution is -2.40. The van der Waals surface area contributed by atoms with Gasteiger partial charge in [0.2, 0.25) is 0 Å². The van der Waals surface area contributed by atoms with Gasteiger partial charge < -0.3 is 5.21 Å². The molecule has 1 fully saturated rings. The van der Waals surface area contributed by atoms with Gasteiger partial charge in [0.25, 0.3) is 0 Å². The molecule has 5 nitrogen and oxygen atoms in total. The highest BCUT2D eigenvalue weighted by Gasteiger charge is 2.25. The second-order valence-corrected chi connectivity index (χ2v) is 5.27.